The number of pyridine rings is 1. The second-order valence-corrected chi connectivity index (χ2v) is 10.1. The number of hydrogen-bond acceptors (Lipinski definition) is 5. The first-order valence-corrected chi connectivity index (χ1v) is 12.4. The molecule has 1 aliphatic rings. The zero-order valence-corrected chi connectivity index (χ0v) is 19.2. The smallest absolute Gasteiger partial charge is 0.255 e. The topological polar surface area (TPSA) is 91.4 Å². The van der Waals surface area contributed by atoms with Gasteiger partial charge in [-0.15, -0.1) is 0 Å². The van der Waals surface area contributed by atoms with Crippen molar-refractivity contribution in [3.05, 3.63) is 60.4 Å². The van der Waals surface area contributed by atoms with Gasteiger partial charge in [-0.1, -0.05) is 0 Å². The van der Waals surface area contributed by atoms with Gasteiger partial charge in [0, 0.05) is 53.5 Å². The van der Waals surface area contributed by atoms with Gasteiger partial charge in [-0.3, -0.25) is 9.78 Å². The molecule has 3 aromatic rings. The van der Waals surface area contributed by atoms with Crippen molar-refractivity contribution in [2.45, 2.75) is 44.0 Å². The molecule has 168 valence electrons. The highest BCUT2D eigenvalue weighted by Crippen LogP contribution is 2.33. The molecule has 1 fully saturated rings. The number of carbonyl (C=O) groups excluding carboxylic acids is 1. The Hall–Kier alpha value is -2.97. The number of hydrogen-bond donors (Lipinski definition) is 2. The summed E-state index contributed by atoms with van der Waals surface area (Å²) < 4.78 is 27.1. The molecule has 2 aromatic carbocycles. The summed E-state index contributed by atoms with van der Waals surface area (Å²) in [6, 6.07) is 11.7. The fraction of sp³-hybridized carbons (Fsp3) is 0.333. The fourth-order valence-corrected chi connectivity index (χ4v) is 5.30. The largest absolute Gasteiger partial charge is 0.371 e. The van der Waals surface area contributed by atoms with Gasteiger partial charge in [0.15, 0.2) is 0 Å². The number of nitrogens with zero attached hydrogens (tertiary/aromatic N) is 2. The number of rotatable bonds is 6. The molecule has 0 atom stereocenters. The summed E-state index contributed by atoms with van der Waals surface area (Å²) in [6.07, 6.45) is 7.17. The van der Waals surface area contributed by atoms with Crippen molar-refractivity contribution < 1.29 is 13.2 Å². The molecule has 1 aliphatic heterocycles. The number of carbonyl (C=O) groups is 1. The molecule has 8 heteroatoms. The highest BCUT2D eigenvalue weighted by molar-refractivity contribution is 7.89. The van der Waals surface area contributed by atoms with Crippen LogP contribution in [0.4, 0.5) is 11.4 Å². The second kappa shape index (κ2) is 9.26. The summed E-state index contributed by atoms with van der Waals surface area (Å²) in [4.78, 5) is 19.7. The molecule has 0 saturated carbocycles. The van der Waals surface area contributed by atoms with Crippen LogP contribution in [-0.2, 0) is 10.0 Å². The molecule has 0 bridgehead atoms. The molecule has 0 spiro atoms. The van der Waals surface area contributed by atoms with Crippen LogP contribution in [0.25, 0.3) is 10.8 Å². The third-order valence-electron chi connectivity index (χ3n) is 5.56. The SMILES string of the molecule is CC(C)NS(=O)(=O)c1ccc(C(=O)Nc2ccc(N3CCCCC3)c3ccncc23)cc1. The van der Waals surface area contributed by atoms with E-state index >= 15 is 0 Å². The lowest BCUT2D eigenvalue weighted by Crippen LogP contribution is -2.30. The summed E-state index contributed by atoms with van der Waals surface area (Å²) in [7, 11) is -3.60. The molecule has 2 N–H and O–H groups in total. The van der Waals surface area contributed by atoms with Crippen molar-refractivity contribution in [3.63, 3.8) is 0 Å². The molecule has 7 nitrogen and oxygen atoms in total. The van der Waals surface area contributed by atoms with Crippen molar-refractivity contribution >= 4 is 38.1 Å². The van der Waals surface area contributed by atoms with E-state index in [-0.39, 0.29) is 16.8 Å². The molecule has 0 unspecified atom stereocenters. The minimum absolute atomic E-state index is 0.128. The summed E-state index contributed by atoms with van der Waals surface area (Å²) in [5, 5.41) is 4.89. The van der Waals surface area contributed by atoms with Gasteiger partial charge in [0.1, 0.15) is 0 Å². The van der Waals surface area contributed by atoms with Crippen molar-refractivity contribution in [1.29, 1.82) is 0 Å². The van der Waals surface area contributed by atoms with E-state index in [4.69, 9.17) is 0 Å². The predicted molar refractivity (Wildman–Crippen MR) is 128 cm³/mol. The van der Waals surface area contributed by atoms with Gasteiger partial charge >= 0.3 is 0 Å². The first kappa shape index (κ1) is 22.2. The van der Waals surface area contributed by atoms with Crippen molar-refractivity contribution in [1.82, 2.24) is 9.71 Å². The minimum atomic E-state index is -3.60. The Balaban J connectivity index is 1.58. The number of benzene rings is 2. The number of piperidine rings is 1. The maximum absolute atomic E-state index is 12.9. The molecule has 0 radical (unpaired) electrons. The molecule has 1 amide bonds. The van der Waals surface area contributed by atoms with Gasteiger partial charge in [-0.25, -0.2) is 13.1 Å². The van der Waals surface area contributed by atoms with E-state index in [1.54, 1.807) is 26.2 Å². The van der Waals surface area contributed by atoms with Crippen LogP contribution >= 0.6 is 0 Å². The van der Waals surface area contributed by atoms with Crippen LogP contribution in [0, 0.1) is 0 Å². The minimum Gasteiger partial charge on any atom is -0.371 e. The van der Waals surface area contributed by atoms with Crippen molar-refractivity contribution in [2.75, 3.05) is 23.3 Å². The monoisotopic (exact) mass is 452 g/mol. The van der Waals surface area contributed by atoms with E-state index in [0.717, 1.165) is 29.5 Å². The van der Waals surface area contributed by atoms with Crippen LogP contribution in [0.15, 0.2) is 59.8 Å². The second-order valence-electron chi connectivity index (χ2n) is 8.36. The summed E-state index contributed by atoms with van der Waals surface area (Å²) in [5.41, 5.74) is 2.22. The highest BCUT2D eigenvalue weighted by Gasteiger charge is 2.18. The maximum Gasteiger partial charge on any atom is 0.255 e. The molecule has 32 heavy (non-hydrogen) atoms. The summed E-state index contributed by atoms with van der Waals surface area (Å²) >= 11 is 0. The van der Waals surface area contributed by atoms with E-state index in [9.17, 15) is 13.2 Å². The van der Waals surface area contributed by atoms with Gasteiger partial charge in [-0.05, 0) is 75.6 Å². The zero-order valence-electron chi connectivity index (χ0n) is 18.3. The average molecular weight is 453 g/mol. The lowest BCUT2D eigenvalue weighted by Gasteiger charge is -2.30. The molecular weight excluding hydrogens is 424 g/mol. The van der Waals surface area contributed by atoms with E-state index in [0.29, 0.717) is 11.3 Å². The number of anilines is 2. The zero-order chi connectivity index (χ0) is 22.7. The van der Waals surface area contributed by atoms with E-state index in [1.807, 2.05) is 12.1 Å². The van der Waals surface area contributed by atoms with Gasteiger partial charge in [0.05, 0.1) is 10.6 Å². The summed E-state index contributed by atoms with van der Waals surface area (Å²) in [5.74, 6) is -0.304. The maximum atomic E-state index is 12.9. The third-order valence-corrected chi connectivity index (χ3v) is 7.23. The highest BCUT2D eigenvalue weighted by atomic mass is 32.2. The normalized spacial score (nSPS) is 14.7. The van der Waals surface area contributed by atoms with Crippen LogP contribution in [0.1, 0.15) is 43.5 Å². The quantitative estimate of drug-likeness (QED) is 0.586. The van der Waals surface area contributed by atoms with Crippen LogP contribution in [0.3, 0.4) is 0 Å². The Kier molecular flexibility index (Phi) is 6.43. The lowest BCUT2D eigenvalue weighted by atomic mass is 10.0. The van der Waals surface area contributed by atoms with Crippen LogP contribution in [-0.4, -0.2) is 38.4 Å². The Morgan fingerprint density at radius 2 is 1.69 bits per heavy atom. The molecule has 1 saturated heterocycles. The Bertz CT molecular complexity index is 1220. The Labute approximate surface area is 188 Å². The number of aromatic nitrogens is 1. The number of sulfonamides is 1. The molecule has 1 aromatic heterocycles. The van der Waals surface area contributed by atoms with Crippen LogP contribution in [0.5, 0.6) is 0 Å². The molecule has 4 rings (SSSR count). The van der Waals surface area contributed by atoms with Crippen LogP contribution in [0.2, 0.25) is 0 Å². The van der Waals surface area contributed by atoms with Crippen molar-refractivity contribution in [3.8, 4) is 0 Å². The van der Waals surface area contributed by atoms with Crippen LogP contribution < -0.4 is 14.9 Å². The molecule has 2 heterocycles. The first-order valence-electron chi connectivity index (χ1n) is 10.9. The fourth-order valence-electron chi connectivity index (χ4n) is 4.05. The lowest BCUT2D eigenvalue weighted by molar-refractivity contribution is 0.102. The van der Waals surface area contributed by atoms with Gasteiger partial charge in [-0.2, -0.15) is 0 Å². The summed E-state index contributed by atoms with van der Waals surface area (Å²) in [6.45, 7) is 5.58. The average Bonchev–Trinajstić information content (AvgIpc) is 2.79. The molecule has 0 aliphatic carbocycles. The number of nitrogens with one attached hydrogen (secondary N) is 2. The Morgan fingerprint density at radius 3 is 2.38 bits per heavy atom. The molecular formula is C24H28N4O3S. The van der Waals surface area contributed by atoms with Crippen molar-refractivity contribution in [2.24, 2.45) is 0 Å². The van der Waals surface area contributed by atoms with E-state index < -0.39 is 10.0 Å². The number of amides is 1. The standard InChI is InChI=1S/C24H28N4O3S/c1-17(2)27-32(30,31)19-8-6-18(7-9-19)24(29)26-22-10-11-23(28-14-4-3-5-15-28)20-12-13-25-16-21(20)22/h6-13,16-17,27H,3-5,14-15H2,1-2H3,(H,26,29). The number of fused-ring (bicyclic) bond motifs is 1. The Morgan fingerprint density at radius 1 is 0.969 bits per heavy atom. The predicted octanol–water partition coefficient (Wildman–Crippen LogP) is 4.16. The van der Waals surface area contributed by atoms with Gasteiger partial charge in [0.2, 0.25) is 10.0 Å². The third kappa shape index (κ3) is 4.76. The van der Waals surface area contributed by atoms with Gasteiger partial charge < -0.3 is 10.2 Å². The van der Waals surface area contributed by atoms with E-state index in [1.165, 1.54) is 43.5 Å². The van der Waals surface area contributed by atoms with E-state index in [2.05, 4.69) is 26.0 Å². The van der Waals surface area contributed by atoms with Gasteiger partial charge in [0.25, 0.3) is 5.91 Å². The first-order chi connectivity index (χ1) is 15.3.